The molecule has 0 saturated heterocycles. The lowest BCUT2D eigenvalue weighted by atomic mass is 10.2. The SMILES string of the molecule is CCCC(C#N)NS(=O)(=O)c1ccc(F)cc1. The van der Waals surface area contributed by atoms with Crippen molar-refractivity contribution in [3.8, 4) is 6.07 Å². The van der Waals surface area contributed by atoms with E-state index in [1.165, 1.54) is 0 Å². The Kier molecular flexibility index (Phi) is 4.61. The van der Waals surface area contributed by atoms with Crippen molar-refractivity contribution < 1.29 is 12.8 Å². The first-order valence-electron chi connectivity index (χ1n) is 5.17. The van der Waals surface area contributed by atoms with E-state index in [2.05, 4.69) is 4.72 Å². The van der Waals surface area contributed by atoms with Gasteiger partial charge < -0.3 is 0 Å². The zero-order chi connectivity index (χ0) is 12.9. The second kappa shape index (κ2) is 5.75. The highest BCUT2D eigenvalue weighted by molar-refractivity contribution is 7.89. The van der Waals surface area contributed by atoms with Gasteiger partial charge in [0.2, 0.25) is 10.0 Å². The molecular formula is C11H13FN2O2S. The van der Waals surface area contributed by atoms with Gasteiger partial charge in [0.15, 0.2) is 0 Å². The summed E-state index contributed by atoms with van der Waals surface area (Å²) >= 11 is 0. The molecule has 0 aromatic heterocycles. The molecule has 4 nitrogen and oxygen atoms in total. The van der Waals surface area contributed by atoms with Crippen molar-refractivity contribution in [2.45, 2.75) is 30.7 Å². The lowest BCUT2D eigenvalue weighted by Gasteiger charge is -2.10. The summed E-state index contributed by atoms with van der Waals surface area (Å²) in [4.78, 5) is -0.0461. The van der Waals surface area contributed by atoms with Gasteiger partial charge in [0.1, 0.15) is 11.9 Å². The first-order valence-corrected chi connectivity index (χ1v) is 6.65. The van der Waals surface area contributed by atoms with Gasteiger partial charge in [-0.3, -0.25) is 0 Å². The molecule has 0 aliphatic carbocycles. The quantitative estimate of drug-likeness (QED) is 0.873. The van der Waals surface area contributed by atoms with Gasteiger partial charge in [-0.05, 0) is 30.7 Å². The number of benzene rings is 1. The molecule has 1 atom stereocenters. The van der Waals surface area contributed by atoms with E-state index >= 15 is 0 Å². The van der Waals surface area contributed by atoms with Crippen molar-refractivity contribution in [3.05, 3.63) is 30.1 Å². The van der Waals surface area contributed by atoms with Crippen LogP contribution < -0.4 is 4.72 Å². The van der Waals surface area contributed by atoms with E-state index in [1.807, 2.05) is 13.0 Å². The fraction of sp³-hybridized carbons (Fsp3) is 0.364. The van der Waals surface area contributed by atoms with Crippen LogP contribution in [0.3, 0.4) is 0 Å². The predicted molar refractivity (Wildman–Crippen MR) is 61.0 cm³/mol. The molecule has 0 spiro atoms. The Balaban J connectivity index is 2.89. The molecule has 1 unspecified atom stereocenters. The van der Waals surface area contributed by atoms with E-state index < -0.39 is 21.9 Å². The summed E-state index contributed by atoms with van der Waals surface area (Å²) < 4.78 is 38.5. The fourth-order valence-electron chi connectivity index (χ4n) is 1.31. The van der Waals surface area contributed by atoms with Crippen molar-refractivity contribution in [2.75, 3.05) is 0 Å². The molecule has 0 fully saturated rings. The summed E-state index contributed by atoms with van der Waals surface area (Å²) in [6.07, 6.45) is 1.14. The highest BCUT2D eigenvalue weighted by Crippen LogP contribution is 2.11. The van der Waals surface area contributed by atoms with E-state index in [-0.39, 0.29) is 4.90 Å². The summed E-state index contributed by atoms with van der Waals surface area (Å²) in [5, 5.41) is 8.77. The minimum atomic E-state index is -3.75. The van der Waals surface area contributed by atoms with Crippen LogP contribution in [0.15, 0.2) is 29.2 Å². The van der Waals surface area contributed by atoms with Crippen molar-refractivity contribution >= 4 is 10.0 Å². The second-order valence-corrected chi connectivity index (χ2v) is 5.26. The lowest BCUT2D eigenvalue weighted by Crippen LogP contribution is -2.33. The third-order valence-electron chi connectivity index (χ3n) is 2.15. The largest absolute Gasteiger partial charge is 0.241 e. The van der Waals surface area contributed by atoms with Crippen molar-refractivity contribution in [1.29, 1.82) is 5.26 Å². The molecule has 0 aliphatic heterocycles. The highest BCUT2D eigenvalue weighted by Gasteiger charge is 2.18. The number of nitrogens with one attached hydrogen (secondary N) is 1. The average Bonchev–Trinajstić information content (AvgIpc) is 2.28. The Labute approximate surface area is 100 Å². The van der Waals surface area contributed by atoms with Gasteiger partial charge in [-0.2, -0.15) is 9.98 Å². The van der Waals surface area contributed by atoms with Crippen LogP contribution in [-0.4, -0.2) is 14.5 Å². The molecule has 0 heterocycles. The number of rotatable bonds is 5. The van der Waals surface area contributed by atoms with Gasteiger partial charge in [0, 0.05) is 0 Å². The molecule has 0 amide bonds. The number of halogens is 1. The van der Waals surface area contributed by atoms with Gasteiger partial charge in [-0.1, -0.05) is 13.3 Å². The van der Waals surface area contributed by atoms with Crippen LogP contribution in [0.5, 0.6) is 0 Å². The smallest absolute Gasteiger partial charge is 0.207 e. The van der Waals surface area contributed by atoms with Gasteiger partial charge in [-0.25, -0.2) is 12.8 Å². The topological polar surface area (TPSA) is 70.0 Å². The molecule has 0 aliphatic rings. The molecule has 1 N–H and O–H groups in total. The molecule has 0 radical (unpaired) electrons. The van der Waals surface area contributed by atoms with Crippen molar-refractivity contribution in [1.82, 2.24) is 4.72 Å². The molecule has 1 aromatic carbocycles. The minimum absolute atomic E-state index is 0.0461. The van der Waals surface area contributed by atoms with Crippen LogP contribution in [-0.2, 0) is 10.0 Å². The van der Waals surface area contributed by atoms with Crippen LogP contribution in [0.4, 0.5) is 4.39 Å². The van der Waals surface area contributed by atoms with E-state index in [9.17, 15) is 12.8 Å². The third-order valence-corrected chi connectivity index (χ3v) is 3.64. The van der Waals surface area contributed by atoms with Crippen molar-refractivity contribution in [3.63, 3.8) is 0 Å². The molecule has 0 bridgehead atoms. The Morgan fingerprint density at radius 2 is 2.00 bits per heavy atom. The van der Waals surface area contributed by atoms with E-state index in [4.69, 9.17) is 5.26 Å². The van der Waals surface area contributed by atoms with Crippen LogP contribution in [0.2, 0.25) is 0 Å². The Bertz CT molecular complexity index is 505. The van der Waals surface area contributed by atoms with E-state index in [0.717, 1.165) is 24.3 Å². The van der Waals surface area contributed by atoms with Crippen LogP contribution in [0.1, 0.15) is 19.8 Å². The predicted octanol–water partition coefficient (Wildman–Crippen LogP) is 1.80. The molecule has 92 valence electrons. The number of nitrogens with zero attached hydrogens (tertiary/aromatic N) is 1. The summed E-state index contributed by atoms with van der Waals surface area (Å²) in [5.74, 6) is -0.505. The summed E-state index contributed by atoms with van der Waals surface area (Å²) in [6, 6.07) is 5.58. The summed E-state index contributed by atoms with van der Waals surface area (Å²) in [5.41, 5.74) is 0. The fourth-order valence-corrected chi connectivity index (χ4v) is 2.48. The van der Waals surface area contributed by atoms with E-state index in [0.29, 0.717) is 12.8 Å². The Morgan fingerprint density at radius 3 is 2.47 bits per heavy atom. The van der Waals surface area contributed by atoms with Crippen LogP contribution >= 0.6 is 0 Å². The minimum Gasteiger partial charge on any atom is -0.207 e. The molecule has 1 aromatic rings. The maximum absolute atomic E-state index is 12.7. The Hall–Kier alpha value is -1.45. The van der Waals surface area contributed by atoms with Gasteiger partial charge in [-0.15, -0.1) is 0 Å². The molecule has 1 rings (SSSR count). The van der Waals surface area contributed by atoms with Crippen LogP contribution in [0.25, 0.3) is 0 Å². The maximum Gasteiger partial charge on any atom is 0.241 e. The van der Waals surface area contributed by atoms with Gasteiger partial charge >= 0.3 is 0 Å². The first-order chi connectivity index (χ1) is 7.99. The number of nitriles is 1. The molecule has 0 saturated carbocycles. The van der Waals surface area contributed by atoms with Gasteiger partial charge in [0.05, 0.1) is 11.0 Å². The number of hydrogen-bond donors (Lipinski definition) is 1. The molecule has 6 heteroatoms. The van der Waals surface area contributed by atoms with Crippen molar-refractivity contribution in [2.24, 2.45) is 0 Å². The average molecular weight is 256 g/mol. The standard InChI is InChI=1S/C11H13FN2O2S/c1-2-3-10(8-13)14-17(15,16)11-6-4-9(12)5-7-11/h4-7,10,14H,2-3H2,1H3. The summed E-state index contributed by atoms with van der Waals surface area (Å²) in [7, 11) is -3.75. The molecular weight excluding hydrogens is 243 g/mol. The second-order valence-electron chi connectivity index (χ2n) is 3.55. The third kappa shape index (κ3) is 3.80. The first kappa shape index (κ1) is 13.6. The zero-order valence-electron chi connectivity index (χ0n) is 9.35. The number of sulfonamides is 1. The van der Waals surface area contributed by atoms with Crippen LogP contribution in [0, 0.1) is 17.1 Å². The number of hydrogen-bond acceptors (Lipinski definition) is 3. The normalized spacial score (nSPS) is 13.0. The Morgan fingerprint density at radius 1 is 1.41 bits per heavy atom. The maximum atomic E-state index is 12.7. The van der Waals surface area contributed by atoms with Gasteiger partial charge in [0.25, 0.3) is 0 Å². The highest BCUT2D eigenvalue weighted by atomic mass is 32.2. The van der Waals surface area contributed by atoms with E-state index in [1.54, 1.807) is 0 Å². The monoisotopic (exact) mass is 256 g/mol. The zero-order valence-corrected chi connectivity index (χ0v) is 10.2. The summed E-state index contributed by atoms with van der Waals surface area (Å²) in [6.45, 7) is 1.86. The molecule has 17 heavy (non-hydrogen) atoms. The lowest BCUT2D eigenvalue weighted by molar-refractivity contribution is 0.562.